The topological polar surface area (TPSA) is 51.5 Å². The Morgan fingerprint density at radius 1 is 0.826 bits per heavy atom. The van der Waals surface area contributed by atoms with E-state index in [4.69, 9.17) is 19.6 Å². The summed E-state index contributed by atoms with van der Waals surface area (Å²) in [6.45, 7) is 9.23. The fourth-order valence-electron chi connectivity index (χ4n) is 2.17. The first kappa shape index (κ1) is 25.4. The second-order valence-corrected chi connectivity index (χ2v) is 5.86. The lowest BCUT2D eigenvalue weighted by Gasteiger charge is -2.14. The van der Waals surface area contributed by atoms with E-state index in [9.17, 15) is 0 Å². The molecule has 0 saturated carbocycles. The second kappa shape index (κ2) is 20.2. The van der Waals surface area contributed by atoms with E-state index < -0.39 is 0 Å². The highest BCUT2D eigenvalue weighted by atomic mass is 127. The van der Waals surface area contributed by atoms with Crippen LogP contribution in [0.2, 0.25) is 0 Å². The zero-order chi connectivity index (χ0) is 16.5. The summed E-state index contributed by atoms with van der Waals surface area (Å²) in [4.78, 5) is 0. The Labute approximate surface area is 160 Å². The lowest BCUT2D eigenvalue weighted by molar-refractivity contribution is 0.0888. The van der Waals surface area contributed by atoms with Gasteiger partial charge in [-0.2, -0.15) is 0 Å². The summed E-state index contributed by atoms with van der Waals surface area (Å²) in [6.07, 6.45) is 10.5. The molecule has 0 radical (unpaired) electrons. The van der Waals surface area contributed by atoms with Gasteiger partial charge in [-0.3, -0.25) is 5.41 Å². The molecule has 0 spiro atoms. The van der Waals surface area contributed by atoms with Gasteiger partial charge in [-0.05, 0) is 13.3 Å². The summed E-state index contributed by atoms with van der Waals surface area (Å²) in [5.41, 5.74) is 0. The van der Waals surface area contributed by atoms with E-state index in [2.05, 4.69) is 6.92 Å². The van der Waals surface area contributed by atoms with E-state index >= 15 is 0 Å². The molecule has 0 aliphatic carbocycles. The van der Waals surface area contributed by atoms with Crippen LogP contribution in [0.4, 0.5) is 0 Å². The Morgan fingerprint density at radius 3 is 2.04 bits per heavy atom. The van der Waals surface area contributed by atoms with Crippen LogP contribution in [0.15, 0.2) is 0 Å². The van der Waals surface area contributed by atoms with Crippen molar-refractivity contribution < 1.29 is 14.2 Å². The van der Waals surface area contributed by atoms with Gasteiger partial charge in [0.25, 0.3) is 0 Å². The van der Waals surface area contributed by atoms with Gasteiger partial charge in [0.2, 0.25) is 0 Å². The molecule has 23 heavy (non-hydrogen) atoms. The quantitative estimate of drug-likeness (QED) is 0.150. The maximum Gasteiger partial charge on any atom is 0.185 e. The number of unbranched alkanes of at least 4 members (excludes halogenated alkanes) is 7. The van der Waals surface area contributed by atoms with Gasteiger partial charge in [-0.15, -0.1) is 24.0 Å². The molecular weight excluding hydrogens is 405 g/mol. The molecule has 0 aromatic rings. The van der Waals surface area contributed by atoms with E-state index in [0.29, 0.717) is 32.3 Å². The maximum absolute atomic E-state index is 7.80. The summed E-state index contributed by atoms with van der Waals surface area (Å²) in [5, 5.41) is 7.80. The van der Waals surface area contributed by atoms with Crippen LogP contribution in [-0.2, 0) is 14.2 Å². The molecule has 5 heteroatoms. The van der Waals surface area contributed by atoms with Crippen LogP contribution in [0.3, 0.4) is 0 Å². The molecule has 4 nitrogen and oxygen atoms in total. The van der Waals surface area contributed by atoms with Crippen LogP contribution >= 0.6 is 24.0 Å². The highest BCUT2D eigenvalue weighted by molar-refractivity contribution is 14.0. The maximum atomic E-state index is 7.80. The largest absolute Gasteiger partial charge is 0.478 e. The van der Waals surface area contributed by atoms with Crippen molar-refractivity contribution in [1.29, 1.82) is 5.41 Å². The smallest absolute Gasteiger partial charge is 0.185 e. The van der Waals surface area contributed by atoms with E-state index in [1.165, 1.54) is 44.9 Å². The van der Waals surface area contributed by atoms with Gasteiger partial charge in [-0.25, -0.2) is 0 Å². The van der Waals surface area contributed by atoms with E-state index in [1.54, 1.807) is 0 Å². The van der Waals surface area contributed by atoms with Gasteiger partial charge in [0.1, 0.15) is 6.61 Å². The monoisotopic (exact) mass is 443 g/mol. The highest BCUT2D eigenvalue weighted by Gasteiger charge is 2.10. The third-order valence-electron chi connectivity index (χ3n) is 3.65. The minimum atomic E-state index is 0. The van der Waals surface area contributed by atoms with Gasteiger partial charge in [0.15, 0.2) is 5.90 Å². The fourth-order valence-corrected chi connectivity index (χ4v) is 2.17. The predicted octanol–water partition coefficient (Wildman–Crippen LogP) is 5.43. The van der Waals surface area contributed by atoms with Crippen LogP contribution < -0.4 is 0 Å². The summed E-state index contributed by atoms with van der Waals surface area (Å²) < 4.78 is 16.1. The minimum Gasteiger partial charge on any atom is -0.478 e. The molecule has 140 valence electrons. The van der Waals surface area contributed by atoms with E-state index in [-0.39, 0.29) is 29.9 Å². The van der Waals surface area contributed by atoms with Gasteiger partial charge in [0, 0.05) is 13.2 Å². The third kappa shape index (κ3) is 18.3. The fraction of sp³-hybridized carbons (Fsp3) is 0.944. The normalized spacial score (nSPS) is 11.8. The van der Waals surface area contributed by atoms with Crippen LogP contribution in [0.5, 0.6) is 0 Å². The van der Waals surface area contributed by atoms with E-state index in [1.807, 2.05) is 13.8 Å². The Balaban J connectivity index is 0. The van der Waals surface area contributed by atoms with Crippen molar-refractivity contribution in [3.8, 4) is 0 Å². The molecule has 1 unspecified atom stereocenters. The average molecular weight is 443 g/mol. The molecule has 1 atom stereocenters. The van der Waals surface area contributed by atoms with Crippen molar-refractivity contribution in [2.45, 2.75) is 72.1 Å². The molecule has 0 rings (SSSR count). The lowest BCUT2D eigenvalue weighted by Crippen LogP contribution is -2.21. The van der Waals surface area contributed by atoms with Crippen LogP contribution in [-0.4, -0.2) is 38.9 Å². The summed E-state index contributed by atoms with van der Waals surface area (Å²) in [7, 11) is 0. The first-order valence-electron chi connectivity index (χ1n) is 9.09. The molecule has 0 saturated heterocycles. The first-order chi connectivity index (χ1) is 10.7. The van der Waals surface area contributed by atoms with Crippen molar-refractivity contribution in [2.24, 2.45) is 5.92 Å². The second-order valence-electron chi connectivity index (χ2n) is 5.86. The van der Waals surface area contributed by atoms with Gasteiger partial charge in [0.05, 0.1) is 19.1 Å². The molecule has 0 aliphatic heterocycles. The number of rotatable bonds is 16. The zero-order valence-corrected chi connectivity index (χ0v) is 17.7. The van der Waals surface area contributed by atoms with Crippen LogP contribution in [0.1, 0.15) is 72.1 Å². The standard InChI is InChI=1S/C18H37NO3.HI/c1-4-6-7-8-9-10-11-12-13-21-16-17(3)18(19)22-15-14-20-5-2;/h17,19H,4-16H2,1-3H3;1H. The van der Waals surface area contributed by atoms with Gasteiger partial charge < -0.3 is 14.2 Å². The average Bonchev–Trinajstić information content (AvgIpc) is 2.53. The molecule has 1 N–H and O–H groups in total. The van der Waals surface area contributed by atoms with Crippen molar-refractivity contribution >= 4 is 29.9 Å². The van der Waals surface area contributed by atoms with Gasteiger partial charge in [-0.1, -0.05) is 58.8 Å². The van der Waals surface area contributed by atoms with Gasteiger partial charge >= 0.3 is 0 Å². The van der Waals surface area contributed by atoms with Crippen molar-refractivity contribution in [2.75, 3.05) is 33.0 Å². The minimum absolute atomic E-state index is 0. The van der Waals surface area contributed by atoms with Crippen molar-refractivity contribution in [3.05, 3.63) is 0 Å². The Bertz CT molecular complexity index is 252. The molecular formula is C18H38INO3. The third-order valence-corrected chi connectivity index (χ3v) is 3.65. The van der Waals surface area contributed by atoms with Crippen LogP contribution in [0, 0.1) is 11.3 Å². The first-order valence-corrected chi connectivity index (χ1v) is 9.09. The summed E-state index contributed by atoms with van der Waals surface area (Å²) in [6, 6.07) is 0. The highest BCUT2D eigenvalue weighted by Crippen LogP contribution is 2.08. The molecule has 0 fully saturated rings. The summed E-state index contributed by atoms with van der Waals surface area (Å²) >= 11 is 0. The molecule has 0 bridgehead atoms. The molecule has 0 aromatic heterocycles. The number of nitrogens with one attached hydrogen (secondary N) is 1. The predicted molar refractivity (Wildman–Crippen MR) is 108 cm³/mol. The molecule has 0 heterocycles. The number of hydrogen-bond donors (Lipinski definition) is 1. The molecule has 0 amide bonds. The summed E-state index contributed by atoms with van der Waals surface area (Å²) in [5.74, 6) is 0.325. The molecule has 0 aromatic carbocycles. The number of ether oxygens (including phenoxy) is 3. The zero-order valence-electron chi connectivity index (χ0n) is 15.4. The number of hydrogen-bond acceptors (Lipinski definition) is 4. The molecule has 0 aliphatic rings. The Hall–Kier alpha value is 0.120. The van der Waals surface area contributed by atoms with Crippen molar-refractivity contribution in [3.63, 3.8) is 0 Å². The SMILES string of the molecule is CCCCCCCCCCOCC(C)C(=N)OCCOCC.I. The Morgan fingerprint density at radius 2 is 1.43 bits per heavy atom. The van der Waals surface area contributed by atoms with Crippen LogP contribution in [0.25, 0.3) is 0 Å². The van der Waals surface area contributed by atoms with E-state index in [0.717, 1.165) is 13.0 Å². The lowest BCUT2D eigenvalue weighted by atomic mass is 10.1. The Kier molecular flexibility index (Phi) is 22.2. The number of halogens is 1. The van der Waals surface area contributed by atoms with Crippen molar-refractivity contribution in [1.82, 2.24) is 0 Å².